The molecule has 0 aliphatic carbocycles. The van der Waals surface area contributed by atoms with Crippen LogP contribution in [0, 0.1) is 6.57 Å². The highest BCUT2D eigenvalue weighted by atomic mass is 16.5. The molecule has 0 atom stereocenters. The predicted octanol–water partition coefficient (Wildman–Crippen LogP) is 2.55. The highest BCUT2D eigenvalue weighted by Crippen LogP contribution is 2.13. The second-order valence-corrected chi connectivity index (χ2v) is 2.84. The van der Waals surface area contributed by atoms with Crippen molar-refractivity contribution in [3.63, 3.8) is 0 Å². The number of benzene rings is 1. The van der Waals surface area contributed by atoms with Gasteiger partial charge in [0, 0.05) is 6.42 Å². The van der Waals surface area contributed by atoms with Crippen molar-refractivity contribution >= 4 is 0 Å². The fraction of sp³-hybridized carbons (Fsp3) is 0.364. The second kappa shape index (κ2) is 5.21. The lowest BCUT2D eigenvalue weighted by atomic mass is 10.1. The van der Waals surface area contributed by atoms with Gasteiger partial charge in [-0.3, -0.25) is 0 Å². The fourth-order valence-electron chi connectivity index (χ4n) is 1.19. The van der Waals surface area contributed by atoms with Crippen LogP contribution in [0.1, 0.15) is 12.0 Å². The third-order valence-corrected chi connectivity index (χ3v) is 1.87. The lowest BCUT2D eigenvalue weighted by Gasteiger charge is -2.01. The lowest BCUT2D eigenvalue weighted by Crippen LogP contribution is -1.89. The Hall–Kier alpha value is -1.49. The number of rotatable bonds is 4. The van der Waals surface area contributed by atoms with E-state index in [-0.39, 0.29) is 0 Å². The molecule has 0 spiro atoms. The molecule has 68 valence electrons. The van der Waals surface area contributed by atoms with Crippen LogP contribution >= 0.6 is 0 Å². The number of methoxy groups -OCH3 is 1. The molecule has 0 bridgehead atoms. The first-order valence-electron chi connectivity index (χ1n) is 4.33. The molecule has 0 saturated heterocycles. The van der Waals surface area contributed by atoms with Gasteiger partial charge in [-0.1, -0.05) is 12.1 Å². The molecular weight excluding hydrogens is 162 g/mol. The number of aryl methyl sites for hydroxylation is 1. The largest absolute Gasteiger partial charge is 0.497 e. The van der Waals surface area contributed by atoms with Crippen molar-refractivity contribution in [2.24, 2.45) is 0 Å². The molecule has 2 heteroatoms. The van der Waals surface area contributed by atoms with Gasteiger partial charge in [0.2, 0.25) is 6.54 Å². The molecule has 0 aliphatic heterocycles. The molecule has 1 rings (SSSR count). The molecule has 13 heavy (non-hydrogen) atoms. The average Bonchev–Trinajstić information content (AvgIpc) is 2.19. The zero-order valence-corrected chi connectivity index (χ0v) is 7.79. The van der Waals surface area contributed by atoms with Gasteiger partial charge in [0.15, 0.2) is 0 Å². The summed E-state index contributed by atoms with van der Waals surface area (Å²) in [6, 6.07) is 7.99. The van der Waals surface area contributed by atoms with E-state index in [1.54, 1.807) is 7.11 Å². The van der Waals surface area contributed by atoms with Crippen molar-refractivity contribution < 1.29 is 4.74 Å². The molecule has 0 unspecified atom stereocenters. The maximum Gasteiger partial charge on any atom is 0.215 e. The summed E-state index contributed by atoms with van der Waals surface area (Å²) in [5, 5.41) is 0. The summed E-state index contributed by atoms with van der Waals surface area (Å²) in [6.07, 6.45) is 1.89. The van der Waals surface area contributed by atoms with Gasteiger partial charge in [0.25, 0.3) is 0 Å². The first-order valence-corrected chi connectivity index (χ1v) is 4.33. The van der Waals surface area contributed by atoms with Gasteiger partial charge in [-0.25, -0.2) is 6.57 Å². The monoisotopic (exact) mass is 175 g/mol. The quantitative estimate of drug-likeness (QED) is 0.506. The highest BCUT2D eigenvalue weighted by molar-refractivity contribution is 5.28. The van der Waals surface area contributed by atoms with Crippen molar-refractivity contribution in [1.82, 2.24) is 0 Å². The van der Waals surface area contributed by atoms with Crippen molar-refractivity contribution in [3.05, 3.63) is 41.2 Å². The number of ether oxygens (including phenoxy) is 1. The van der Waals surface area contributed by atoms with Gasteiger partial charge >= 0.3 is 0 Å². The molecule has 0 radical (unpaired) electrons. The van der Waals surface area contributed by atoms with Crippen LogP contribution in [0.4, 0.5) is 0 Å². The van der Waals surface area contributed by atoms with Crippen molar-refractivity contribution in [1.29, 1.82) is 0 Å². The van der Waals surface area contributed by atoms with E-state index in [2.05, 4.69) is 10.9 Å². The minimum Gasteiger partial charge on any atom is -0.497 e. The lowest BCUT2D eigenvalue weighted by molar-refractivity contribution is 0.414. The topological polar surface area (TPSA) is 13.6 Å². The van der Waals surface area contributed by atoms with E-state index in [1.807, 2.05) is 18.2 Å². The van der Waals surface area contributed by atoms with Gasteiger partial charge < -0.3 is 9.58 Å². The first-order chi connectivity index (χ1) is 6.36. The Labute approximate surface area is 79.0 Å². The third-order valence-electron chi connectivity index (χ3n) is 1.87. The van der Waals surface area contributed by atoms with Crippen LogP contribution in [0.2, 0.25) is 0 Å². The van der Waals surface area contributed by atoms with Crippen molar-refractivity contribution in [2.45, 2.75) is 12.8 Å². The van der Waals surface area contributed by atoms with E-state index in [1.165, 1.54) is 5.56 Å². The molecule has 0 amide bonds. The second-order valence-electron chi connectivity index (χ2n) is 2.84. The summed E-state index contributed by atoms with van der Waals surface area (Å²) in [7, 11) is 1.66. The molecule has 2 nitrogen and oxygen atoms in total. The van der Waals surface area contributed by atoms with E-state index < -0.39 is 0 Å². The molecule has 0 saturated carbocycles. The van der Waals surface area contributed by atoms with Crippen molar-refractivity contribution in [3.8, 4) is 5.75 Å². The molecule has 1 aromatic carbocycles. The van der Waals surface area contributed by atoms with Crippen LogP contribution in [0.25, 0.3) is 4.85 Å². The molecular formula is C11H13NO. The van der Waals surface area contributed by atoms with E-state index in [0.29, 0.717) is 6.54 Å². The smallest absolute Gasteiger partial charge is 0.215 e. The molecule has 1 aromatic rings. The Balaban J connectivity index is 2.52. The number of nitrogens with zero attached hydrogens (tertiary/aromatic N) is 1. The zero-order valence-electron chi connectivity index (χ0n) is 7.79. The van der Waals surface area contributed by atoms with Gasteiger partial charge in [0.05, 0.1) is 7.11 Å². The van der Waals surface area contributed by atoms with Gasteiger partial charge in [-0.05, 0) is 24.1 Å². The highest BCUT2D eigenvalue weighted by Gasteiger charge is 1.96. The Bertz CT molecular complexity index is 301. The molecule has 0 heterocycles. The normalized spacial score (nSPS) is 9.23. The van der Waals surface area contributed by atoms with Crippen molar-refractivity contribution in [2.75, 3.05) is 13.7 Å². The summed E-state index contributed by atoms with van der Waals surface area (Å²) in [6.45, 7) is 7.26. The molecule has 0 fully saturated rings. The minimum atomic E-state index is 0.608. The van der Waals surface area contributed by atoms with E-state index in [4.69, 9.17) is 11.3 Å². The first kappa shape index (κ1) is 9.60. The standard InChI is InChI=1S/C11H13NO/c1-12-8-4-6-10-5-3-7-11(9-10)13-2/h3,5,7,9H,4,6,8H2,2H3. The SMILES string of the molecule is [C-]#[N+]CCCc1cccc(OC)c1. The number of hydrogen-bond acceptors (Lipinski definition) is 1. The van der Waals surface area contributed by atoms with Gasteiger partial charge in [-0.2, -0.15) is 0 Å². The zero-order chi connectivity index (χ0) is 9.52. The van der Waals surface area contributed by atoms with E-state index >= 15 is 0 Å². The maximum absolute atomic E-state index is 6.65. The van der Waals surface area contributed by atoms with Crippen LogP contribution in [0.3, 0.4) is 0 Å². The van der Waals surface area contributed by atoms with Gasteiger partial charge in [0.1, 0.15) is 5.75 Å². The number of hydrogen-bond donors (Lipinski definition) is 0. The minimum absolute atomic E-state index is 0.608. The van der Waals surface area contributed by atoms with Crippen LogP contribution < -0.4 is 4.74 Å². The van der Waals surface area contributed by atoms with Crippen LogP contribution in [-0.4, -0.2) is 13.7 Å². The summed E-state index contributed by atoms with van der Waals surface area (Å²) in [5.74, 6) is 0.889. The summed E-state index contributed by atoms with van der Waals surface area (Å²) < 4.78 is 5.10. The molecule has 0 aliphatic rings. The summed E-state index contributed by atoms with van der Waals surface area (Å²) in [4.78, 5) is 3.31. The molecule has 0 aromatic heterocycles. The maximum atomic E-state index is 6.65. The predicted molar refractivity (Wildman–Crippen MR) is 52.8 cm³/mol. The van der Waals surface area contributed by atoms with Crippen LogP contribution in [0.15, 0.2) is 24.3 Å². The van der Waals surface area contributed by atoms with Crippen LogP contribution in [0.5, 0.6) is 5.75 Å². The van der Waals surface area contributed by atoms with Gasteiger partial charge in [-0.15, -0.1) is 0 Å². The Morgan fingerprint density at radius 2 is 2.31 bits per heavy atom. The Kier molecular flexibility index (Phi) is 3.84. The summed E-state index contributed by atoms with van der Waals surface area (Å²) >= 11 is 0. The van der Waals surface area contributed by atoms with E-state index in [9.17, 15) is 0 Å². The molecule has 0 N–H and O–H groups in total. The summed E-state index contributed by atoms with van der Waals surface area (Å²) in [5.41, 5.74) is 1.24. The third kappa shape index (κ3) is 3.16. The van der Waals surface area contributed by atoms with E-state index in [0.717, 1.165) is 18.6 Å². The average molecular weight is 175 g/mol. The van der Waals surface area contributed by atoms with Crippen LogP contribution in [-0.2, 0) is 6.42 Å². The Morgan fingerprint density at radius 3 is 3.00 bits per heavy atom. The fourth-order valence-corrected chi connectivity index (χ4v) is 1.19. The Morgan fingerprint density at radius 1 is 1.46 bits per heavy atom.